The predicted molar refractivity (Wildman–Crippen MR) is 54.1 cm³/mol. The minimum absolute atomic E-state index is 0.246. The first kappa shape index (κ1) is 11.9. The monoisotopic (exact) mass is 203 g/mol. The van der Waals surface area contributed by atoms with Crippen molar-refractivity contribution in [1.82, 2.24) is 4.90 Å². The Bertz CT molecular complexity index is 161. The summed E-state index contributed by atoms with van der Waals surface area (Å²) < 4.78 is 10.5. The van der Waals surface area contributed by atoms with Crippen molar-refractivity contribution in [2.24, 2.45) is 0 Å². The summed E-state index contributed by atoms with van der Waals surface area (Å²) in [5, 5.41) is 9.61. The Balaban J connectivity index is 2.21. The molecule has 0 saturated carbocycles. The lowest BCUT2D eigenvalue weighted by molar-refractivity contribution is -0.145. The molecule has 0 aromatic carbocycles. The highest BCUT2D eigenvalue weighted by molar-refractivity contribution is 4.73. The first-order chi connectivity index (χ1) is 6.47. The zero-order chi connectivity index (χ0) is 10.6. The van der Waals surface area contributed by atoms with Gasteiger partial charge in [-0.2, -0.15) is 0 Å². The van der Waals surface area contributed by atoms with Gasteiger partial charge in [-0.25, -0.2) is 0 Å². The van der Waals surface area contributed by atoms with Gasteiger partial charge in [0.05, 0.1) is 18.3 Å². The summed E-state index contributed by atoms with van der Waals surface area (Å²) in [5.74, 6) is 0. The van der Waals surface area contributed by atoms with Crippen LogP contribution in [0.5, 0.6) is 0 Å². The second-order valence-electron chi connectivity index (χ2n) is 4.61. The van der Waals surface area contributed by atoms with Crippen molar-refractivity contribution < 1.29 is 14.6 Å². The Morgan fingerprint density at radius 1 is 1.50 bits per heavy atom. The molecule has 1 heterocycles. The van der Waals surface area contributed by atoms with E-state index in [2.05, 4.69) is 4.90 Å². The number of nitrogens with zero attached hydrogens (tertiary/aromatic N) is 1. The van der Waals surface area contributed by atoms with Crippen molar-refractivity contribution in [3.63, 3.8) is 0 Å². The van der Waals surface area contributed by atoms with Gasteiger partial charge >= 0.3 is 0 Å². The summed E-state index contributed by atoms with van der Waals surface area (Å²) in [5.41, 5.74) is -0.639. The summed E-state index contributed by atoms with van der Waals surface area (Å²) >= 11 is 0. The summed E-state index contributed by atoms with van der Waals surface area (Å²) in [6, 6.07) is 0. The lowest BCUT2D eigenvalue weighted by atomic mass is 10.1. The van der Waals surface area contributed by atoms with Crippen molar-refractivity contribution in [3.05, 3.63) is 0 Å². The molecular formula is C10H21NO3. The van der Waals surface area contributed by atoms with E-state index in [1.807, 2.05) is 20.9 Å². The third-order valence-corrected chi connectivity index (χ3v) is 2.14. The summed E-state index contributed by atoms with van der Waals surface area (Å²) in [6.07, 6.45) is 1.19. The van der Waals surface area contributed by atoms with Crippen LogP contribution >= 0.6 is 0 Å². The second-order valence-corrected chi connectivity index (χ2v) is 4.61. The SMILES string of the molecule is CN(CC1CCOCO1)CC(C)(C)O. The Morgan fingerprint density at radius 2 is 2.21 bits per heavy atom. The number of rotatable bonds is 4. The molecule has 0 radical (unpaired) electrons. The van der Waals surface area contributed by atoms with Gasteiger partial charge in [-0.1, -0.05) is 0 Å². The maximum absolute atomic E-state index is 9.61. The van der Waals surface area contributed by atoms with Crippen molar-refractivity contribution in [2.75, 3.05) is 33.5 Å². The first-order valence-corrected chi connectivity index (χ1v) is 5.08. The van der Waals surface area contributed by atoms with E-state index < -0.39 is 5.60 Å². The lowest BCUT2D eigenvalue weighted by Crippen LogP contribution is -2.42. The van der Waals surface area contributed by atoms with Crippen LogP contribution in [0.15, 0.2) is 0 Å². The molecule has 0 amide bonds. The molecule has 1 atom stereocenters. The van der Waals surface area contributed by atoms with E-state index in [9.17, 15) is 5.11 Å². The fourth-order valence-corrected chi connectivity index (χ4v) is 1.72. The Kier molecular flexibility index (Phi) is 4.31. The topological polar surface area (TPSA) is 41.9 Å². The zero-order valence-corrected chi connectivity index (χ0v) is 9.32. The van der Waals surface area contributed by atoms with E-state index in [0.29, 0.717) is 13.3 Å². The molecule has 1 N–H and O–H groups in total. The average molecular weight is 203 g/mol. The van der Waals surface area contributed by atoms with E-state index in [4.69, 9.17) is 9.47 Å². The summed E-state index contributed by atoms with van der Waals surface area (Å²) in [6.45, 7) is 6.33. The molecule has 4 heteroatoms. The van der Waals surface area contributed by atoms with Gasteiger partial charge in [0, 0.05) is 13.1 Å². The molecule has 1 saturated heterocycles. The van der Waals surface area contributed by atoms with Crippen LogP contribution in [0.3, 0.4) is 0 Å². The molecule has 0 aliphatic carbocycles. The van der Waals surface area contributed by atoms with E-state index in [1.165, 1.54) is 0 Å². The maximum Gasteiger partial charge on any atom is 0.147 e. The molecule has 0 spiro atoms. The van der Waals surface area contributed by atoms with Crippen LogP contribution in [0, 0.1) is 0 Å². The largest absolute Gasteiger partial charge is 0.389 e. The Labute approximate surface area is 85.8 Å². The molecule has 1 rings (SSSR count). The molecule has 1 fully saturated rings. The van der Waals surface area contributed by atoms with Crippen LogP contribution < -0.4 is 0 Å². The third-order valence-electron chi connectivity index (χ3n) is 2.14. The van der Waals surface area contributed by atoms with Crippen molar-refractivity contribution in [2.45, 2.75) is 32.0 Å². The molecule has 4 nitrogen and oxygen atoms in total. The molecule has 0 bridgehead atoms. The molecule has 84 valence electrons. The van der Waals surface area contributed by atoms with Gasteiger partial charge in [-0.15, -0.1) is 0 Å². The van der Waals surface area contributed by atoms with E-state index in [1.54, 1.807) is 0 Å². The number of aliphatic hydroxyl groups is 1. The van der Waals surface area contributed by atoms with Gasteiger partial charge in [0.1, 0.15) is 6.79 Å². The maximum atomic E-state index is 9.61. The normalized spacial score (nSPS) is 24.2. The van der Waals surface area contributed by atoms with Gasteiger partial charge < -0.3 is 19.5 Å². The zero-order valence-electron chi connectivity index (χ0n) is 9.32. The second kappa shape index (κ2) is 5.07. The van der Waals surface area contributed by atoms with Gasteiger partial charge in [-0.3, -0.25) is 0 Å². The summed E-state index contributed by atoms with van der Waals surface area (Å²) in [4.78, 5) is 2.09. The van der Waals surface area contributed by atoms with E-state index >= 15 is 0 Å². The fourth-order valence-electron chi connectivity index (χ4n) is 1.72. The fraction of sp³-hybridized carbons (Fsp3) is 1.00. The van der Waals surface area contributed by atoms with Crippen molar-refractivity contribution in [3.8, 4) is 0 Å². The van der Waals surface area contributed by atoms with Crippen LogP contribution in [0.2, 0.25) is 0 Å². The van der Waals surface area contributed by atoms with Crippen molar-refractivity contribution in [1.29, 1.82) is 0 Å². The van der Waals surface area contributed by atoms with Crippen LogP contribution in [0.4, 0.5) is 0 Å². The standard InChI is InChI=1S/C10H21NO3/c1-10(2,12)7-11(3)6-9-4-5-13-8-14-9/h9,12H,4-8H2,1-3H3. The number of hydrogen-bond acceptors (Lipinski definition) is 4. The first-order valence-electron chi connectivity index (χ1n) is 5.08. The minimum Gasteiger partial charge on any atom is -0.389 e. The van der Waals surface area contributed by atoms with Crippen LogP contribution in [-0.2, 0) is 9.47 Å². The van der Waals surface area contributed by atoms with E-state index in [-0.39, 0.29) is 6.10 Å². The molecule has 1 unspecified atom stereocenters. The van der Waals surface area contributed by atoms with E-state index in [0.717, 1.165) is 19.6 Å². The quantitative estimate of drug-likeness (QED) is 0.720. The number of likely N-dealkylation sites (N-methyl/N-ethyl adjacent to an activating group) is 1. The minimum atomic E-state index is -0.639. The molecule has 0 aromatic heterocycles. The van der Waals surface area contributed by atoms with Crippen LogP contribution in [0.1, 0.15) is 20.3 Å². The smallest absolute Gasteiger partial charge is 0.147 e. The highest BCUT2D eigenvalue weighted by Gasteiger charge is 2.20. The van der Waals surface area contributed by atoms with Gasteiger partial charge in [0.15, 0.2) is 0 Å². The predicted octanol–water partition coefficient (Wildman–Crippen LogP) is 0.452. The van der Waals surface area contributed by atoms with Gasteiger partial charge in [0.2, 0.25) is 0 Å². The number of ether oxygens (including phenoxy) is 2. The van der Waals surface area contributed by atoms with Crippen molar-refractivity contribution >= 4 is 0 Å². The molecular weight excluding hydrogens is 182 g/mol. The average Bonchev–Trinajstić information content (AvgIpc) is 2.02. The summed E-state index contributed by atoms with van der Waals surface area (Å²) in [7, 11) is 2.00. The molecule has 0 aromatic rings. The van der Waals surface area contributed by atoms with Gasteiger partial charge in [0.25, 0.3) is 0 Å². The molecule has 1 aliphatic heterocycles. The Hall–Kier alpha value is -0.160. The van der Waals surface area contributed by atoms with Gasteiger partial charge in [-0.05, 0) is 27.3 Å². The molecule has 1 aliphatic rings. The Morgan fingerprint density at radius 3 is 2.71 bits per heavy atom. The highest BCUT2D eigenvalue weighted by atomic mass is 16.7. The lowest BCUT2D eigenvalue weighted by Gasteiger charge is -2.30. The van der Waals surface area contributed by atoms with Crippen LogP contribution in [0.25, 0.3) is 0 Å². The number of hydrogen-bond donors (Lipinski definition) is 1. The third kappa shape index (κ3) is 4.91. The molecule has 14 heavy (non-hydrogen) atoms. The highest BCUT2D eigenvalue weighted by Crippen LogP contribution is 2.09. The van der Waals surface area contributed by atoms with Crippen LogP contribution in [-0.4, -0.2) is 55.2 Å².